The van der Waals surface area contributed by atoms with Crippen molar-refractivity contribution in [2.75, 3.05) is 0 Å². The summed E-state index contributed by atoms with van der Waals surface area (Å²) in [6.45, 7) is 0. The minimum absolute atomic E-state index is 0.575. The summed E-state index contributed by atoms with van der Waals surface area (Å²) in [5.41, 5.74) is 12.5. The molecule has 56 heavy (non-hydrogen) atoms. The molecule has 0 atom stereocenters. The van der Waals surface area contributed by atoms with Crippen LogP contribution in [0.1, 0.15) is 0 Å². The number of fused-ring (bicyclic) bond motifs is 6. The van der Waals surface area contributed by atoms with Gasteiger partial charge >= 0.3 is 0 Å². The van der Waals surface area contributed by atoms with Crippen LogP contribution in [-0.4, -0.2) is 15.0 Å². The van der Waals surface area contributed by atoms with Crippen LogP contribution in [0.25, 0.3) is 111 Å². The zero-order valence-electron chi connectivity index (χ0n) is 30.1. The summed E-state index contributed by atoms with van der Waals surface area (Å²) < 4.78 is 13.4. The Morgan fingerprint density at radius 2 is 0.643 bits per heavy atom. The molecule has 0 radical (unpaired) electrons. The summed E-state index contributed by atoms with van der Waals surface area (Å²) in [4.78, 5) is 15.0. The predicted octanol–water partition coefficient (Wildman–Crippen LogP) is 13.7. The molecule has 11 aromatic rings. The molecule has 0 unspecified atom stereocenters. The lowest BCUT2D eigenvalue weighted by atomic mass is 9.99. The molecule has 262 valence electrons. The molecule has 0 saturated heterocycles. The van der Waals surface area contributed by atoms with Gasteiger partial charge in [-0.05, 0) is 46.5 Å². The van der Waals surface area contributed by atoms with E-state index in [0.29, 0.717) is 17.5 Å². The van der Waals surface area contributed by atoms with Gasteiger partial charge in [0.15, 0.2) is 17.5 Å². The third kappa shape index (κ3) is 5.45. The highest BCUT2D eigenvalue weighted by molar-refractivity contribution is 6.15. The highest BCUT2D eigenvalue weighted by Gasteiger charge is 2.19. The first kappa shape index (κ1) is 31.9. The van der Waals surface area contributed by atoms with Crippen LogP contribution in [0.3, 0.4) is 0 Å². The van der Waals surface area contributed by atoms with E-state index in [9.17, 15) is 0 Å². The molecule has 5 nitrogen and oxygen atoms in total. The van der Waals surface area contributed by atoms with Gasteiger partial charge in [-0.15, -0.1) is 0 Å². The molecule has 0 spiro atoms. The van der Waals surface area contributed by atoms with Crippen molar-refractivity contribution in [3.63, 3.8) is 0 Å². The summed E-state index contributed by atoms with van der Waals surface area (Å²) in [6.07, 6.45) is 0. The molecule has 0 amide bonds. The Labute approximate surface area is 322 Å². The van der Waals surface area contributed by atoms with E-state index in [1.165, 1.54) is 0 Å². The van der Waals surface area contributed by atoms with Gasteiger partial charge in [-0.1, -0.05) is 164 Å². The molecule has 0 bridgehead atoms. The number of benzene rings is 8. The third-order valence-electron chi connectivity index (χ3n) is 10.6. The molecule has 3 aromatic heterocycles. The number of rotatable bonds is 6. The Hall–Kier alpha value is -7.63. The maximum atomic E-state index is 6.77. The normalized spacial score (nSPS) is 11.6. The Bertz CT molecular complexity index is 3220. The Balaban J connectivity index is 1.02. The molecular formula is C51H31N3O2. The average molecular weight is 718 g/mol. The highest BCUT2D eigenvalue weighted by Crippen LogP contribution is 2.42. The summed E-state index contributed by atoms with van der Waals surface area (Å²) in [7, 11) is 0. The van der Waals surface area contributed by atoms with Gasteiger partial charge in [-0.2, -0.15) is 0 Å². The topological polar surface area (TPSA) is 65.0 Å². The average Bonchev–Trinajstić information content (AvgIpc) is 3.85. The predicted molar refractivity (Wildman–Crippen MR) is 227 cm³/mol. The number of aromatic nitrogens is 3. The largest absolute Gasteiger partial charge is 0.455 e. The van der Waals surface area contributed by atoms with E-state index in [4.69, 9.17) is 23.8 Å². The van der Waals surface area contributed by atoms with Crippen molar-refractivity contribution in [2.45, 2.75) is 0 Å². The zero-order valence-corrected chi connectivity index (χ0v) is 30.1. The quantitative estimate of drug-likeness (QED) is 0.171. The molecular weight excluding hydrogens is 687 g/mol. The first-order valence-electron chi connectivity index (χ1n) is 18.7. The SMILES string of the molecule is c1ccc(-c2ccc(-c3nc(-c4ccccc4)nc(-c4ccc5c(c4)oc4c(-c6cccc7c6oc6cc(-c8ccccc8)ccc67)cccc45)n3)cc2)cc1. The van der Waals surface area contributed by atoms with Crippen molar-refractivity contribution in [2.24, 2.45) is 0 Å². The summed E-state index contributed by atoms with van der Waals surface area (Å²) >= 11 is 0. The molecule has 0 aliphatic rings. The summed E-state index contributed by atoms with van der Waals surface area (Å²) in [6, 6.07) is 64.5. The van der Waals surface area contributed by atoms with E-state index in [-0.39, 0.29) is 0 Å². The van der Waals surface area contributed by atoms with E-state index < -0.39 is 0 Å². The van der Waals surface area contributed by atoms with Crippen LogP contribution < -0.4 is 0 Å². The van der Waals surface area contributed by atoms with Gasteiger partial charge in [0.05, 0.1) is 0 Å². The Kier molecular flexibility index (Phi) is 7.42. The van der Waals surface area contributed by atoms with Crippen molar-refractivity contribution >= 4 is 43.9 Å². The molecule has 5 heteroatoms. The number of para-hydroxylation sites is 2. The second-order valence-electron chi connectivity index (χ2n) is 14.0. The first-order valence-corrected chi connectivity index (χ1v) is 18.7. The lowest BCUT2D eigenvalue weighted by Crippen LogP contribution is -2.00. The van der Waals surface area contributed by atoms with Crippen LogP contribution in [0.15, 0.2) is 197 Å². The number of nitrogens with zero attached hydrogens (tertiary/aromatic N) is 3. The van der Waals surface area contributed by atoms with Crippen LogP contribution in [0.5, 0.6) is 0 Å². The number of hydrogen-bond donors (Lipinski definition) is 0. The van der Waals surface area contributed by atoms with Crippen LogP contribution in [0.2, 0.25) is 0 Å². The first-order chi connectivity index (χ1) is 27.7. The smallest absolute Gasteiger partial charge is 0.164 e. The molecule has 3 heterocycles. The molecule has 0 N–H and O–H groups in total. The van der Waals surface area contributed by atoms with E-state index in [1.807, 2.05) is 48.5 Å². The minimum Gasteiger partial charge on any atom is -0.455 e. The Morgan fingerprint density at radius 1 is 0.268 bits per heavy atom. The van der Waals surface area contributed by atoms with Gasteiger partial charge in [0, 0.05) is 49.4 Å². The minimum atomic E-state index is 0.575. The van der Waals surface area contributed by atoms with E-state index in [2.05, 4.69) is 140 Å². The number of furan rings is 2. The van der Waals surface area contributed by atoms with E-state index >= 15 is 0 Å². The van der Waals surface area contributed by atoms with Crippen molar-refractivity contribution < 1.29 is 8.83 Å². The van der Waals surface area contributed by atoms with E-state index in [1.54, 1.807) is 0 Å². The summed E-state index contributed by atoms with van der Waals surface area (Å²) in [5, 5.41) is 4.20. The fourth-order valence-corrected chi connectivity index (χ4v) is 7.76. The van der Waals surface area contributed by atoms with Crippen molar-refractivity contribution in [1.29, 1.82) is 0 Å². The van der Waals surface area contributed by atoms with Crippen LogP contribution in [0.4, 0.5) is 0 Å². The van der Waals surface area contributed by atoms with Gasteiger partial charge in [0.1, 0.15) is 22.3 Å². The molecule has 0 aliphatic heterocycles. The third-order valence-corrected chi connectivity index (χ3v) is 10.6. The van der Waals surface area contributed by atoms with Gasteiger partial charge in [-0.3, -0.25) is 0 Å². The highest BCUT2D eigenvalue weighted by atomic mass is 16.3. The molecule has 0 fully saturated rings. The van der Waals surface area contributed by atoms with Crippen molar-refractivity contribution in [3.8, 4) is 67.5 Å². The maximum Gasteiger partial charge on any atom is 0.164 e. The molecule has 8 aromatic carbocycles. The fourth-order valence-electron chi connectivity index (χ4n) is 7.76. The summed E-state index contributed by atoms with van der Waals surface area (Å²) in [5.74, 6) is 1.79. The van der Waals surface area contributed by atoms with Crippen LogP contribution >= 0.6 is 0 Å². The molecule has 11 rings (SSSR count). The van der Waals surface area contributed by atoms with Crippen molar-refractivity contribution in [1.82, 2.24) is 15.0 Å². The fraction of sp³-hybridized carbons (Fsp3) is 0. The zero-order chi connectivity index (χ0) is 37.0. The number of hydrogen-bond acceptors (Lipinski definition) is 5. The van der Waals surface area contributed by atoms with Gasteiger partial charge in [-0.25, -0.2) is 15.0 Å². The second-order valence-corrected chi connectivity index (χ2v) is 14.0. The van der Waals surface area contributed by atoms with Gasteiger partial charge in [0.2, 0.25) is 0 Å². The van der Waals surface area contributed by atoms with Crippen LogP contribution in [-0.2, 0) is 0 Å². The van der Waals surface area contributed by atoms with E-state index in [0.717, 1.165) is 93.9 Å². The maximum absolute atomic E-state index is 6.77. The molecule has 0 saturated carbocycles. The lowest BCUT2D eigenvalue weighted by Gasteiger charge is -2.09. The Morgan fingerprint density at radius 3 is 1.18 bits per heavy atom. The standard InChI is InChI=1S/C51H31N3O2/c1-4-12-32(13-5-1)34-22-24-36(25-23-34)50-52-49(35-16-8-3-9-17-35)53-51(54-50)38-27-29-40-42-19-11-21-44(48(42)56-46(40)31-38)43-20-10-18-41-39-28-26-37(30-45(39)55-47(41)43)33-14-6-2-7-15-33/h1-31H. The lowest BCUT2D eigenvalue weighted by molar-refractivity contribution is 0.665. The van der Waals surface area contributed by atoms with Gasteiger partial charge in [0.25, 0.3) is 0 Å². The molecule has 0 aliphatic carbocycles. The van der Waals surface area contributed by atoms with Crippen LogP contribution in [0, 0.1) is 0 Å². The van der Waals surface area contributed by atoms with Gasteiger partial charge < -0.3 is 8.83 Å². The monoisotopic (exact) mass is 717 g/mol. The van der Waals surface area contributed by atoms with Crippen molar-refractivity contribution in [3.05, 3.63) is 188 Å². The second kappa shape index (κ2) is 13.0.